The summed E-state index contributed by atoms with van der Waals surface area (Å²) in [7, 11) is -1.02. The quantitative estimate of drug-likeness (QED) is 0.420. The van der Waals surface area contributed by atoms with Crippen LogP contribution in [-0.4, -0.2) is 15.6 Å². The van der Waals surface area contributed by atoms with Crippen molar-refractivity contribution in [3.05, 3.63) is 0 Å². The molecule has 0 aromatic rings. The molecule has 10 heavy (non-hydrogen) atoms. The van der Waals surface area contributed by atoms with E-state index in [0.29, 0.717) is 0 Å². The van der Waals surface area contributed by atoms with Crippen molar-refractivity contribution in [2.24, 2.45) is 0 Å². The van der Waals surface area contributed by atoms with Crippen molar-refractivity contribution >= 4 is 9.52 Å². The van der Waals surface area contributed by atoms with Crippen LogP contribution >= 0.6 is 0 Å². The van der Waals surface area contributed by atoms with E-state index in [4.69, 9.17) is 0 Å². The van der Waals surface area contributed by atoms with Crippen LogP contribution in [0.3, 0.4) is 0 Å². The van der Waals surface area contributed by atoms with Crippen LogP contribution in [0.15, 0.2) is 0 Å². The van der Waals surface area contributed by atoms with E-state index in [1.807, 2.05) is 0 Å². The van der Waals surface area contributed by atoms with E-state index < -0.39 is 15.6 Å². The highest BCUT2D eigenvalue weighted by Gasteiger charge is 2.01. The number of rotatable bonds is 6. The van der Waals surface area contributed by atoms with E-state index >= 15 is 0 Å². The van der Waals surface area contributed by atoms with Crippen molar-refractivity contribution in [3.8, 4) is 0 Å². The molecule has 62 valence electrons. The average molecular weight is 166 g/mol. The lowest BCUT2D eigenvalue weighted by Crippen LogP contribution is -2.02. The fraction of sp³-hybridized carbons (Fsp3) is 1.00. The Morgan fingerprint density at radius 2 is 1.90 bits per heavy atom. The minimum absolute atomic E-state index is 0.831. The van der Waals surface area contributed by atoms with Crippen molar-refractivity contribution in [1.82, 2.24) is 0 Å². The van der Waals surface area contributed by atoms with Crippen LogP contribution in [0, 0.1) is 0 Å². The van der Waals surface area contributed by atoms with Crippen molar-refractivity contribution in [2.75, 3.05) is 0 Å². The molecular weight excluding hydrogens is 150 g/mol. The van der Waals surface area contributed by atoms with E-state index in [1.54, 1.807) is 0 Å². The van der Waals surface area contributed by atoms with Gasteiger partial charge in [-0.1, -0.05) is 38.7 Å². The molecule has 0 radical (unpaired) electrons. The Balaban J connectivity index is 2.77. The molecule has 0 heterocycles. The molecule has 0 nitrogen and oxygen atoms in total. The van der Waals surface area contributed by atoms with Gasteiger partial charge in [0.15, 0.2) is 0 Å². The first-order valence-electron chi connectivity index (χ1n) is 4.05. The summed E-state index contributed by atoms with van der Waals surface area (Å²) < 4.78 is 23.2. The van der Waals surface area contributed by atoms with Crippen LogP contribution in [0.4, 0.5) is 8.78 Å². The van der Waals surface area contributed by atoms with Crippen LogP contribution in [0.2, 0.25) is 6.04 Å². The van der Waals surface area contributed by atoms with Crippen LogP contribution in [0.25, 0.3) is 0 Å². The van der Waals surface area contributed by atoms with Crippen molar-refractivity contribution in [2.45, 2.75) is 44.7 Å². The summed E-state index contributed by atoms with van der Waals surface area (Å²) in [6.45, 7) is 2.13. The molecule has 0 aliphatic carbocycles. The largest absolute Gasteiger partial charge is 0.216 e. The second-order valence-corrected chi connectivity index (χ2v) is 4.50. The number of alkyl halides is 2. The third-order valence-electron chi connectivity index (χ3n) is 1.53. The maximum Gasteiger partial charge on any atom is 0.214 e. The number of unbranched alkanes of at least 4 members (excludes halogenated alkanes) is 3. The molecule has 0 saturated heterocycles. The molecule has 0 unspecified atom stereocenters. The number of hydrogen-bond donors (Lipinski definition) is 0. The van der Waals surface area contributed by atoms with Gasteiger partial charge in [0.05, 0.1) is 0 Å². The number of hydrogen-bond acceptors (Lipinski definition) is 0. The maximum atomic E-state index is 11.6. The second-order valence-electron chi connectivity index (χ2n) is 2.59. The predicted molar refractivity (Wildman–Crippen MR) is 43.5 cm³/mol. The summed E-state index contributed by atoms with van der Waals surface area (Å²) in [5.74, 6) is 0. The summed E-state index contributed by atoms with van der Waals surface area (Å²) >= 11 is 0. The first kappa shape index (κ1) is 10.1. The molecule has 0 N–H and O–H groups in total. The lowest BCUT2D eigenvalue weighted by molar-refractivity contribution is 0.237. The standard InChI is InChI=1S/C7H16F2Si/c1-2-3-4-5-6-10-7(8)9/h7H,2-6,10H2,1H3. The van der Waals surface area contributed by atoms with Gasteiger partial charge in [0, 0.05) is 0 Å². The minimum Gasteiger partial charge on any atom is -0.216 e. The highest BCUT2D eigenvalue weighted by atomic mass is 28.2. The lowest BCUT2D eigenvalue weighted by atomic mass is 10.2. The Bertz CT molecular complexity index is 66.6. The van der Waals surface area contributed by atoms with Gasteiger partial charge in [-0.2, -0.15) is 0 Å². The Hall–Kier alpha value is 0.0769. The van der Waals surface area contributed by atoms with E-state index in [9.17, 15) is 8.78 Å². The molecule has 0 fully saturated rings. The monoisotopic (exact) mass is 166 g/mol. The van der Waals surface area contributed by atoms with Crippen molar-refractivity contribution < 1.29 is 8.78 Å². The van der Waals surface area contributed by atoms with Gasteiger partial charge < -0.3 is 0 Å². The van der Waals surface area contributed by atoms with Crippen LogP contribution in [-0.2, 0) is 0 Å². The summed E-state index contributed by atoms with van der Waals surface area (Å²) in [6, 6.07) is -1.13. The van der Waals surface area contributed by atoms with Gasteiger partial charge >= 0.3 is 0 Å². The average Bonchev–Trinajstić information content (AvgIpc) is 1.87. The summed E-state index contributed by atoms with van der Waals surface area (Å²) in [5, 5.41) is 0. The van der Waals surface area contributed by atoms with E-state index in [0.717, 1.165) is 18.9 Å². The molecule has 0 aromatic heterocycles. The second kappa shape index (κ2) is 7.19. The van der Waals surface area contributed by atoms with E-state index in [2.05, 4.69) is 6.92 Å². The van der Waals surface area contributed by atoms with E-state index in [1.165, 1.54) is 12.8 Å². The molecule has 0 amide bonds. The normalized spacial score (nSPS) is 12.0. The zero-order valence-corrected chi connectivity index (χ0v) is 7.99. The Kier molecular flexibility index (Phi) is 7.24. The molecule has 0 atom stereocenters. The first-order valence-corrected chi connectivity index (χ1v) is 5.87. The summed E-state index contributed by atoms with van der Waals surface area (Å²) in [4.78, 5) is 0. The molecule has 0 bridgehead atoms. The Morgan fingerprint density at radius 1 is 1.20 bits per heavy atom. The molecule has 0 aliphatic heterocycles. The van der Waals surface area contributed by atoms with Crippen LogP contribution < -0.4 is 0 Å². The highest BCUT2D eigenvalue weighted by Crippen LogP contribution is 2.04. The molecule has 0 rings (SSSR count). The summed E-state index contributed by atoms with van der Waals surface area (Å²) in [6.07, 6.45) is 4.58. The molecule has 3 heteroatoms. The van der Waals surface area contributed by atoms with Crippen molar-refractivity contribution in [1.29, 1.82) is 0 Å². The SMILES string of the molecule is CCCCCC[SiH2]C(F)F. The molecule has 0 aliphatic rings. The van der Waals surface area contributed by atoms with Gasteiger partial charge in [0.25, 0.3) is 0 Å². The predicted octanol–water partition coefficient (Wildman–Crippen LogP) is 2.38. The minimum atomic E-state index is -1.96. The zero-order chi connectivity index (χ0) is 7.82. The van der Waals surface area contributed by atoms with Crippen LogP contribution in [0.5, 0.6) is 0 Å². The fourth-order valence-corrected chi connectivity index (χ4v) is 1.85. The molecule has 0 spiro atoms. The van der Waals surface area contributed by atoms with Gasteiger partial charge in [-0.3, -0.25) is 0 Å². The zero-order valence-electron chi connectivity index (χ0n) is 6.58. The van der Waals surface area contributed by atoms with Gasteiger partial charge in [-0.15, -0.1) is 0 Å². The van der Waals surface area contributed by atoms with Crippen LogP contribution in [0.1, 0.15) is 32.6 Å². The highest BCUT2D eigenvalue weighted by molar-refractivity contribution is 6.36. The number of halogens is 2. The molecular formula is C7H16F2Si. The summed E-state index contributed by atoms with van der Waals surface area (Å²) in [5.41, 5.74) is 0. The molecule has 0 aromatic carbocycles. The molecule has 0 saturated carbocycles. The smallest absolute Gasteiger partial charge is 0.214 e. The third-order valence-corrected chi connectivity index (χ3v) is 2.87. The Morgan fingerprint density at radius 3 is 2.40 bits per heavy atom. The lowest BCUT2D eigenvalue weighted by Gasteiger charge is -1.97. The van der Waals surface area contributed by atoms with Gasteiger partial charge in [-0.05, 0) is 0 Å². The first-order chi connectivity index (χ1) is 4.77. The topological polar surface area (TPSA) is 0 Å². The van der Waals surface area contributed by atoms with Gasteiger partial charge in [0.2, 0.25) is 6.05 Å². The Labute approximate surface area is 63.8 Å². The van der Waals surface area contributed by atoms with E-state index in [-0.39, 0.29) is 0 Å². The fourth-order valence-electron chi connectivity index (χ4n) is 0.902. The van der Waals surface area contributed by atoms with Gasteiger partial charge in [0.1, 0.15) is 9.52 Å². The van der Waals surface area contributed by atoms with Gasteiger partial charge in [-0.25, -0.2) is 8.78 Å². The third kappa shape index (κ3) is 8.08. The van der Waals surface area contributed by atoms with Crippen molar-refractivity contribution in [3.63, 3.8) is 0 Å². The maximum absolute atomic E-state index is 11.6.